The highest BCUT2D eigenvalue weighted by Gasteiger charge is 2.36. The quantitative estimate of drug-likeness (QED) is 0.841. The molecular weight excluding hydrogens is 299 g/mol. The van der Waals surface area contributed by atoms with Crippen molar-refractivity contribution in [3.8, 4) is 0 Å². The fourth-order valence-electron chi connectivity index (χ4n) is 2.75. The Bertz CT molecular complexity index is 546. The summed E-state index contributed by atoms with van der Waals surface area (Å²) in [5, 5.41) is 3.55. The van der Waals surface area contributed by atoms with Gasteiger partial charge in [0, 0.05) is 18.8 Å². The van der Waals surface area contributed by atoms with Crippen LogP contribution in [0.2, 0.25) is 0 Å². The first-order valence-corrected chi connectivity index (χ1v) is 7.17. The Hall–Kier alpha value is -1.57. The molecule has 1 aliphatic heterocycles. The maximum absolute atomic E-state index is 12.7. The lowest BCUT2D eigenvalue weighted by molar-refractivity contribution is -0.147. The zero-order valence-corrected chi connectivity index (χ0v) is 13.0. The van der Waals surface area contributed by atoms with Gasteiger partial charge in [0.05, 0.1) is 12.2 Å². The van der Waals surface area contributed by atoms with Gasteiger partial charge in [-0.25, -0.2) is 0 Å². The van der Waals surface area contributed by atoms with Gasteiger partial charge in [-0.05, 0) is 33.8 Å². The van der Waals surface area contributed by atoms with E-state index in [1.54, 1.807) is 11.8 Å². The number of aromatic nitrogens is 2. The lowest BCUT2D eigenvalue weighted by atomic mass is 10.2. The van der Waals surface area contributed by atoms with Crippen LogP contribution in [-0.4, -0.2) is 45.9 Å². The number of halogens is 3. The number of nitrogens with zero attached hydrogens (tertiary/aromatic N) is 3. The number of hydrogen-bond acceptors (Lipinski definition) is 3. The Morgan fingerprint density at radius 1 is 1.36 bits per heavy atom. The van der Waals surface area contributed by atoms with E-state index in [2.05, 4.69) is 5.10 Å². The van der Waals surface area contributed by atoms with Crippen LogP contribution in [0.15, 0.2) is 6.07 Å². The molecule has 2 heterocycles. The predicted molar refractivity (Wildman–Crippen MR) is 73.3 cm³/mol. The minimum atomic E-state index is -4.51. The standard InChI is InChI=1S/C14H20F3N3O2/c1-8-5-12(14(15,16)17)18-20(8)11(4)13(21)19-6-9(2)22-10(3)7-19/h5,9-11H,6-7H2,1-4H3/t9-,10-,11+/m0/s1. The number of aryl methyl sites for hydroxylation is 1. The predicted octanol–water partition coefficient (Wildman–Crippen LogP) is 2.41. The number of morpholine rings is 1. The van der Waals surface area contributed by atoms with Crippen molar-refractivity contribution in [2.24, 2.45) is 0 Å². The molecule has 8 heteroatoms. The van der Waals surface area contributed by atoms with E-state index in [-0.39, 0.29) is 18.1 Å². The summed E-state index contributed by atoms with van der Waals surface area (Å²) in [6, 6.07) is 0.169. The van der Waals surface area contributed by atoms with Crippen LogP contribution >= 0.6 is 0 Å². The van der Waals surface area contributed by atoms with Gasteiger partial charge in [-0.3, -0.25) is 9.48 Å². The van der Waals surface area contributed by atoms with Crippen molar-refractivity contribution in [1.82, 2.24) is 14.7 Å². The van der Waals surface area contributed by atoms with E-state index in [0.717, 1.165) is 10.7 Å². The van der Waals surface area contributed by atoms with Gasteiger partial charge in [0.25, 0.3) is 0 Å². The van der Waals surface area contributed by atoms with Crippen molar-refractivity contribution in [2.45, 2.75) is 52.1 Å². The highest BCUT2D eigenvalue weighted by Crippen LogP contribution is 2.29. The van der Waals surface area contributed by atoms with Crippen LogP contribution in [0.3, 0.4) is 0 Å². The van der Waals surface area contributed by atoms with Crippen LogP contribution in [0.1, 0.15) is 38.2 Å². The second kappa shape index (κ2) is 5.91. The molecule has 1 fully saturated rings. The molecule has 0 unspecified atom stereocenters. The Morgan fingerprint density at radius 2 is 1.91 bits per heavy atom. The number of alkyl halides is 3. The van der Waals surface area contributed by atoms with E-state index in [4.69, 9.17) is 4.74 Å². The average Bonchev–Trinajstić information content (AvgIpc) is 2.78. The smallest absolute Gasteiger partial charge is 0.372 e. The van der Waals surface area contributed by atoms with Gasteiger partial charge in [-0.1, -0.05) is 0 Å². The van der Waals surface area contributed by atoms with Gasteiger partial charge in [-0.15, -0.1) is 0 Å². The van der Waals surface area contributed by atoms with E-state index >= 15 is 0 Å². The molecular formula is C14H20F3N3O2. The molecule has 0 saturated carbocycles. The van der Waals surface area contributed by atoms with Gasteiger partial charge >= 0.3 is 6.18 Å². The topological polar surface area (TPSA) is 47.4 Å². The lowest BCUT2D eigenvalue weighted by Crippen LogP contribution is -2.50. The first-order valence-electron chi connectivity index (χ1n) is 7.17. The van der Waals surface area contributed by atoms with Gasteiger partial charge in [0.2, 0.25) is 5.91 Å². The van der Waals surface area contributed by atoms with Crippen molar-refractivity contribution in [3.63, 3.8) is 0 Å². The largest absolute Gasteiger partial charge is 0.435 e. The highest BCUT2D eigenvalue weighted by molar-refractivity contribution is 5.80. The summed E-state index contributed by atoms with van der Waals surface area (Å²) in [7, 11) is 0. The first-order chi connectivity index (χ1) is 10.1. The molecule has 1 aromatic heterocycles. The van der Waals surface area contributed by atoms with Gasteiger partial charge in [0.15, 0.2) is 5.69 Å². The monoisotopic (exact) mass is 319 g/mol. The molecule has 1 saturated heterocycles. The summed E-state index contributed by atoms with van der Waals surface area (Å²) in [4.78, 5) is 14.2. The summed E-state index contributed by atoms with van der Waals surface area (Å²) in [5.74, 6) is -0.248. The van der Waals surface area contributed by atoms with Crippen LogP contribution in [-0.2, 0) is 15.7 Å². The van der Waals surface area contributed by atoms with Crippen LogP contribution in [0, 0.1) is 6.92 Å². The van der Waals surface area contributed by atoms with E-state index in [1.807, 2.05) is 13.8 Å². The Kier molecular flexibility index (Phi) is 4.51. The zero-order valence-electron chi connectivity index (χ0n) is 13.0. The third kappa shape index (κ3) is 3.43. The van der Waals surface area contributed by atoms with Crippen molar-refractivity contribution in [1.29, 1.82) is 0 Å². The molecule has 0 bridgehead atoms. The third-order valence-electron chi connectivity index (χ3n) is 3.67. The SMILES string of the molecule is Cc1cc(C(F)(F)F)nn1[C@H](C)C(=O)N1C[C@H](C)O[C@@H](C)C1. The van der Waals surface area contributed by atoms with Crippen LogP contribution in [0.5, 0.6) is 0 Å². The molecule has 0 radical (unpaired) electrons. The van der Waals surface area contributed by atoms with Crippen molar-refractivity contribution >= 4 is 5.91 Å². The Morgan fingerprint density at radius 3 is 2.36 bits per heavy atom. The number of ether oxygens (including phenoxy) is 1. The highest BCUT2D eigenvalue weighted by atomic mass is 19.4. The number of rotatable bonds is 2. The zero-order chi connectivity index (χ0) is 16.7. The maximum atomic E-state index is 12.7. The molecule has 5 nitrogen and oxygen atoms in total. The van der Waals surface area contributed by atoms with Gasteiger partial charge in [0.1, 0.15) is 6.04 Å². The summed E-state index contributed by atoms with van der Waals surface area (Å²) >= 11 is 0. The summed E-state index contributed by atoms with van der Waals surface area (Å²) < 4.78 is 44.8. The molecule has 0 aromatic carbocycles. The van der Waals surface area contributed by atoms with Crippen molar-refractivity contribution in [3.05, 3.63) is 17.5 Å². The van der Waals surface area contributed by atoms with Crippen LogP contribution in [0.4, 0.5) is 13.2 Å². The fourth-order valence-corrected chi connectivity index (χ4v) is 2.75. The molecule has 3 atom stereocenters. The van der Waals surface area contributed by atoms with Crippen LogP contribution in [0.25, 0.3) is 0 Å². The molecule has 1 aromatic rings. The van der Waals surface area contributed by atoms with E-state index < -0.39 is 17.9 Å². The Labute approximate surface area is 127 Å². The Balaban J connectivity index is 2.19. The molecule has 124 valence electrons. The number of hydrogen-bond donors (Lipinski definition) is 0. The van der Waals surface area contributed by atoms with Crippen molar-refractivity contribution in [2.75, 3.05) is 13.1 Å². The van der Waals surface area contributed by atoms with Gasteiger partial charge in [-0.2, -0.15) is 18.3 Å². The van der Waals surface area contributed by atoms with E-state index in [9.17, 15) is 18.0 Å². The maximum Gasteiger partial charge on any atom is 0.435 e. The summed E-state index contributed by atoms with van der Waals surface area (Å²) in [5.41, 5.74) is -0.670. The third-order valence-corrected chi connectivity index (χ3v) is 3.67. The molecule has 22 heavy (non-hydrogen) atoms. The second-order valence-electron chi connectivity index (χ2n) is 5.79. The van der Waals surface area contributed by atoms with E-state index in [1.165, 1.54) is 6.92 Å². The minimum Gasteiger partial charge on any atom is -0.372 e. The van der Waals surface area contributed by atoms with Crippen LogP contribution < -0.4 is 0 Å². The molecule has 1 aliphatic rings. The summed E-state index contributed by atoms with van der Waals surface area (Å²) in [6.07, 6.45) is -4.70. The molecule has 0 N–H and O–H groups in total. The second-order valence-corrected chi connectivity index (χ2v) is 5.79. The average molecular weight is 319 g/mol. The summed E-state index contributed by atoms with van der Waals surface area (Å²) in [6.45, 7) is 7.66. The molecule has 0 spiro atoms. The first kappa shape index (κ1) is 16.8. The number of amides is 1. The van der Waals surface area contributed by atoms with Gasteiger partial charge < -0.3 is 9.64 Å². The fraction of sp³-hybridized carbons (Fsp3) is 0.714. The normalized spacial score (nSPS) is 24.4. The molecule has 1 amide bonds. The molecule has 2 rings (SSSR count). The number of carbonyl (C=O) groups excluding carboxylic acids is 1. The van der Waals surface area contributed by atoms with Crippen molar-refractivity contribution < 1.29 is 22.7 Å². The minimum absolute atomic E-state index is 0.0932. The molecule has 0 aliphatic carbocycles. The van der Waals surface area contributed by atoms with E-state index in [0.29, 0.717) is 18.8 Å². The lowest BCUT2D eigenvalue weighted by Gasteiger charge is -2.36. The number of carbonyl (C=O) groups is 1.